The van der Waals surface area contributed by atoms with E-state index < -0.39 is 0 Å². The number of benzene rings is 2. The van der Waals surface area contributed by atoms with E-state index in [1.54, 1.807) is 18.2 Å². The third-order valence-corrected chi connectivity index (χ3v) is 5.02. The Labute approximate surface area is 231 Å². The summed E-state index contributed by atoms with van der Waals surface area (Å²) in [4.78, 5) is 24.5. The zero-order valence-electron chi connectivity index (χ0n) is 20.8. The molecule has 0 atom stereocenters. The first-order valence-corrected chi connectivity index (χ1v) is 11.8. The van der Waals surface area contributed by atoms with Crippen molar-refractivity contribution in [2.24, 2.45) is 5.92 Å². The summed E-state index contributed by atoms with van der Waals surface area (Å²) in [6, 6.07) is 16.6. The summed E-state index contributed by atoms with van der Waals surface area (Å²) in [5.74, 6) is 0.353. The smallest absolute Gasteiger partial charge is 0.190 e. The molecule has 2 aliphatic carbocycles. The molecule has 4 rings (SSSR count). The summed E-state index contributed by atoms with van der Waals surface area (Å²) in [6.45, 7) is 8.00. The number of fused-ring (bicyclic) bond motifs is 1. The normalized spacial score (nSPS) is 14.0. The Hall–Kier alpha value is -1.13. The van der Waals surface area contributed by atoms with Crippen LogP contribution in [0.15, 0.2) is 66.2 Å². The van der Waals surface area contributed by atoms with Gasteiger partial charge in [-0.25, -0.2) is 7.11 Å². The van der Waals surface area contributed by atoms with E-state index in [0.29, 0.717) is 17.0 Å². The Morgan fingerprint density at radius 3 is 1.73 bits per heavy atom. The van der Waals surface area contributed by atoms with E-state index in [9.17, 15) is 9.59 Å². The van der Waals surface area contributed by atoms with Crippen molar-refractivity contribution in [3.05, 3.63) is 89.5 Å². The van der Waals surface area contributed by atoms with Crippen LogP contribution in [0, 0.1) is 13.0 Å². The van der Waals surface area contributed by atoms with Crippen LogP contribution in [0.3, 0.4) is 0 Å². The average Bonchev–Trinajstić information content (AvgIpc) is 2.86. The third kappa shape index (κ3) is 12.2. The molecule has 2 aromatic rings. The van der Waals surface area contributed by atoms with E-state index >= 15 is 0 Å². The van der Waals surface area contributed by atoms with Gasteiger partial charge in [0.05, 0.1) is 0 Å². The van der Waals surface area contributed by atoms with Crippen LogP contribution in [-0.2, 0) is 37.4 Å². The number of rotatable bonds is 1. The molecule has 1 radical (unpaired) electrons. The van der Waals surface area contributed by atoms with Crippen molar-refractivity contribution in [3.8, 4) is 0 Å². The molecule has 179 valence electrons. The molecule has 0 heterocycles. The Kier molecular flexibility index (Phi) is 22.1. The first kappa shape index (κ1) is 34.0. The van der Waals surface area contributed by atoms with Crippen molar-refractivity contribution < 1.29 is 47.0 Å². The minimum absolute atomic E-state index is 0. The van der Waals surface area contributed by atoms with Crippen LogP contribution < -0.4 is 0 Å². The van der Waals surface area contributed by atoms with Gasteiger partial charge in [-0.15, -0.1) is 0 Å². The molecular formula is C28H38ClO3Y-. The topological polar surface area (TPSA) is 43.4 Å². The second-order valence-electron chi connectivity index (χ2n) is 6.76. The van der Waals surface area contributed by atoms with Crippen molar-refractivity contribution in [1.29, 1.82) is 0 Å². The number of carbonyl (C=O) groups is 2. The van der Waals surface area contributed by atoms with Gasteiger partial charge < -0.3 is 4.74 Å². The van der Waals surface area contributed by atoms with Crippen LogP contribution in [0.1, 0.15) is 80.5 Å². The predicted molar refractivity (Wildman–Crippen MR) is 136 cm³/mol. The number of ketones is 2. The van der Waals surface area contributed by atoms with Gasteiger partial charge in [0.15, 0.2) is 11.6 Å². The van der Waals surface area contributed by atoms with Gasteiger partial charge in [-0.3, -0.25) is 9.59 Å². The Morgan fingerprint density at radius 2 is 1.27 bits per heavy atom. The van der Waals surface area contributed by atoms with Gasteiger partial charge in [0, 0.05) is 54.4 Å². The zero-order chi connectivity index (χ0) is 24.4. The number of ether oxygens (including phenoxy) is 1. The van der Waals surface area contributed by atoms with Crippen LogP contribution in [0.2, 0.25) is 5.02 Å². The Morgan fingerprint density at radius 1 is 0.818 bits per heavy atom. The van der Waals surface area contributed by atoms with Crippen molar-refractivity contribution in [1.82, 2.24) is 0 Å². The molecule has 0 saturated heterocycles. The van der Waals surface area contributed by atoms with E-state index in [2.05, 4.69) is 11.8 Å². The van der Waals surface area contributed by atoms with Crippen molar-refractivity contribution >= 4 is 23.2 Å². The maximum absolute atomic E-state index is 12.4. The summed E-state index contributed by atoms with van der Waals surface area (Å²) < 4.78 is 4.00. The minimum atomic E-state index is -0.00854. The zero-order valence-corrected chi connectivity index (χ0v) is 24.4. The van der Waals surface area contributed by atoms with Crippen LogP contribution in [-0.4, -0.2) is 18.7 Å². The number of halogens is 1. The number of allylic oxidation sites excluding steroid dienone is 2. The fourth-order valence-corrected chi connectivity index (χ4v) is 3.61. The molecule has 0 N–H and O–H groups in total. The molecular weight excluding hydrogens is 509 g/mol. The molecule has 3 nitrogen and oxygen atoms in total. The van der Waals surface area contributed by atoms with E-state index in [1.165, 1.54) is 26.4 Å². The molecule has 2 aliphatic rings. The molecule has 1 saturated carbocycles. The van der Waals surface area contributed by atoms with E-state index in [0.717, 1.165) is 23.4 Å². The van der Waals surface area contributed by atoms with Crippen LogP contribution >= 0.6 is 11.6 Å². The molecule has 0 unspecified atom stereocenters. The molecule has 0 bridgehead atoms. The van der Waals surface area contributed by atoms with E-state index in [4.69, 9.17) is 11.6 Å². The monoisotopic (exact) mass is 546 g/mol. The second kappa shape index (κ2) is 21.4. The molecule has 5 heteroatoms. The molecule has 33 heavy (non-hydrogen) atoms. The number of carbonyl (C=O) groups excluding carboxylic acids is 2. The number of hydrogen-bond acceptors (Lipinski definition) is 3. The average molecular weight is 547 g/mol. The standard InChI is InChI=1S/C16H16O2.C6H5Cl.C2H5O.2C2H6.Y/c17-15-10-14(11-6-2-1-3-7-11)16(18)13-9-5-4-8-12(13)15;7-6-4-2-1-3-5-6;1-3-2;2*1-2;/h4-5,8-11H,1-3,6-7H2;1-5H;1H2,2H3;2*1-2H3;/q;;-1;;;. The Balaban J connectivity index is 0. The quantitative estimate of drug-likeness (QED) is 0.337. The largest absolute Gasteiger partial charge is 0.557 e. The molecule has 2 aromatic carbocycles. The maximum Gasteiger partial charge on any atom is 0.190 e. The van der Waals surface area contributed by atoms with E-state index in [-0.39, 0.29) is 44.3 Å². The number of methoxy groups -OCH3 is 1. The van der Waals surface area contributed by atoms with Gasteiger partial charge in [0.1, 0.15) is 0 Å². The summed E-state index contributed by atoms with van der Waals surface area (Å²) in [5, 5.41) is 0.794. The van der Waals surface area contributed by atoms with Crippen LogP contribution in [0.25, 0.3) is 0 Å². The fraction of sp³-hybridized carbons (Fsp3) is 0.393. The van der Waals surface area contributed by atoms with Crippen molar-refractivity contribution in [3.63, 3.8) is 0 Å². The number of Topliss-reactive ketones (excluding diaryl/α,β-unsaturated/α-hetero) is 1. The third-order valence-electron chi connectivity index (χ3n) is 4.76. The molecule has 0 aromatic heterocycles. The minimum Gasteiger partial charge on any atom is -0.557 e. The van der Waals surface area contributed by atoms with Gasteiger partial charge >= 0.3 is 0 Å². The van der Waals surface area contributed by atoms with Crippen LogP contribution in [0.5, 0.6) is 0 Å². The van der Waals surface area contributed by atoms with Crippen molar-refractivity contribution in [2.45, 2.75) is 59.8 Å². The number of hydrogen-bond donors (Lipinski definition) is 0. The summed E-state index contributed by atoms with van der Waals surface area (Å²) >= 11 is 5.54. The van der Waals surface area contributed by atoms with Crippen molar-refractivity contribution in [2.75, 3.05) is 7.11 Å². The van der Waals surface area contributed by atoms with Crippen LogP contribution in [0.4, 0.5) is 0 Å². The second-order valence-corrected chi connectivity index (χ2v) is 7.19. The molecule has 0 aliphatic heterocycles. The van der Waals surface area contributed by atoms with Gasteiger partial charge in [-0.05, 0) is 44.1 Å². The molecule has 0 amide bonds. The van der Waals surface area contributed by atoms with Gasteiger partial charge in [0.25, 0.3) is 0 Å². The van der Waals surface area contributed by atoms with E-state index in [1.807, 2.05) is 70.2 Å². The first-order chi connectivity index (χ1) is 15.6. The van der Waals surface area contributed by atoms with Gasteiger partial charge in [-0.2, -0.15) is 0 Å². The molecule has 0 spiro atoms. The van der Waals surface area contributed by atoms with Gasteiger partial charge in [0.2, 0.25) is 0 Å². The summed E-state index contributed by atoms with van der Waals surface area (Å²) in [7, 11) is 4.50. The SMILES string of the molecule is CC.CC.Clc1ccccc1.O=C1C=C(C2CCCCC2)C(=O)c2ccccc21.[CH2-]OC.[Y]. The fourth-order valence-electron chi connectivity index (χ4n) is 3.47. The summed E-state index contributed by atoms with van der Waals surface area (Å²) in [6.07, 6.45) is 7.28. The first-order valence-electron chi connectivity index (χ1n) is 11.5. The Bertz CT molecular complexity index is 813. The van der Waals surface area contributed by atoms with Gasteiger partial charge in [-0.1, -0.05) is 101 Å². The molecule has 1 fully saturated rings. The summed E-state index contributed by atoms with van der Waals surface area (Å²) in [5.41, 5.74) is 1.89. The predicted octanol–water partition coefficient (Wildman–Crippen LogP) is 8.39. The maximum atomic E-state index is 12.4.